The number of carbonyl (C=O) groups excluding carboxylic acids is 2. The second-order valence-electron chi connectivity index (χ2n) is 4.92. The topological polar surface area (TPSA) is 113 Å². The number of nitro groups is 1. The first-order valence-electron chi connectivity index (χ1n) is 7.31. The molecule has 3 amide bonds. The van der Waals surface area contributed by atoms with Crippen LogP contribution >= 0.6 is 0 Å². The van der Waals surface area contributed by atoms with E-state index >= 15 is 0 Å². The summed E-state index contributed by atoms with van der Waals surface area (Å²) < 4.78 is 0. The highest BCUT2D eigenvalue weighted by atomic mass is 16.6. The molecule has 0 saturated heterocycles. The van der Waals surface area contributed by atoms with Gasteiger partial charge in [-0.3, -0.25) is 14.9 Å². The molecule has 8 heteroatoms. The van der Waals surface area contributed by atoms with Crippen LogP contribution in [-0.2, 0) is 4.79 Å². The van der Waals surface area contributed by atoms with Crippen LogP contribution in [0.3, 0.4) is 0 Å². The number of hydrogen-bond donors (Lipinski definition) is 3. The summed E-state index contributed by atoms with van der Waals surface area (Å²) in [6.07, 6.45) is 2.61. The van der Waals surface area contributed by atoms with E-state index in [2.05, 4.69) is 16.0 Å². The fraction of sp³-hybridized carbons (Fsp3) is 0.0588. The van der Waals surface area contributed by atoms with Crippen LogP contribution in [0.1, 0.15) is 5.56 Å². The van der Waals surface area contributed by atoms with Gasteiger partial charge >= 0.3 is 6.03 Å². The second kappa shape index (κ2) is 8.25. The minimum Gasteiger partial charge on any atom is -0.341 e. The first kappa shape index (κ1) is 17.7. The summed E-state index contributed by atoms with van der Waals surface area (Å²) >= 11 is 0. The minimum atomic E-state index is -0.504. The molecule has 8 nitrogen and oxygen atoms in total. The van der Waals surface area contributed by atoms with Crippen LogP contribution in [0.25, 0.3) is 6.08 Å². The van der Waals surface area contributed by atoms with E-state index in [0.29, 0.717) is 16.9 Å². The first-order valence-corrected chi connectivity index (χ1v) is 7.31. The summed E-state index contributed by atoms with van der Waals surface area (Å²) in [5.41, 5.74) is 1.37. The SMILES string of the molecule is CNC(=O)Nc1ccc(NC(=O)/C=C/c2ccccc2[N+](=O)[O-])cc1. The van der Waals surface area contributed by atoms with Gasteiger partial charge in [0.25, 0.3) is 5.69 Å². The number of para-hydroxylation sites is 1. The summed E-state index contributed by atoms with van der Waals surface area (Å²) in [4.78, 5) is 33.5. The van der Waals surface area contributed by atoms with Crippen LogP contribution in [0.5, 0.6) is 0 Å². The van der Waals surface area contributed by atoms with Crippen molar-refractivity contribution in [1.82, 2.24) is 5.32 Å². The molecule has 0 aromatic heterocycles. The van der Waals surface area contributed by atoms with Gasteiger partial charge in [-0.1, -0.05) is 12.1 Å². The molecule has 0 saturated carbocycles. The molecular formula is C17H16N4O4. The molecule has 0 bridgehead atoms. The third-order valence-corrected chi connectivity index (χ3v) is 3.19. The number of amides is 3. The van der Waals surface area contributed by atoms with Crippen molar-refractivity contribution < 1.29 is 14.5 Å². The lowest BCUT2D eigenvalue weighted by Gasteiger charge is -2.06. The molecule has 0 radical (unpaired) electrons. The third-order valence-electron chi connectivity index (χ3n) is 3.19. The summed E-state index contributed by atoms with van der Waals surface area (Å²) in [6.45, 7) is 0. The Balaban J connectivity index is 2.01. The molecule has 0 heterocycles. The molecule has 0 aliphatic rings. The van der Waals surface area contributed by atoms with Crippen molar-refractivity contribution in [1.29, 1.82) is 0 Å². The highest BCUT2D eigenvalue weighted by Gasteiger charge is 2.09. The van der Waals surface area contributed by atoms with E-state index in [9.17, 15) is 19.7 Å². The molecular weight excluding hydrogens is 324 g/mol. The summed E-state index contributed by atoms with van der Waals surface area (Å²) in [6, 6.07) is 12.3. The van der Waals surface area contributed by atoms with Crippen molar-refractivity contribution in [3.8, 4) is 0 Å². The van der Waals surface area contributed by atoms with Crippen molar-refractivity contribution in [2.75, 3.05) is 17.7 Å². The van der Waals surface area contributed by atoms with Crippen molar-refractivity contribution in [2.24, 2.45) is 0 Å². The summed E-state index contributed by atoms with van der Waals surface area (Å²) in [5.74, 6) is -0.426. The number of carbonyl (C=O) groups is 2. The summed E-state index contributed by atoms with van der Waals surface area (Å²) in [5, 5.41) is 18.6. The quantitative estimate of drug-likeness (QED) is 0.441. The molecule has 0 unspecified atom stereocenters. The average molecular weight is 340 g/mol. The number of nitrogens with one attached hydrogen (secondary N) is 3. The van der Waals surface area contributed by atoms with Crippen LogP contribution in [0, 0.1) is 10.1 Å². The molecule has 2 aromatic rings. The maximum Gasteiger partial charge on any atom is 0.318 e. The fourth-order valence-corrected chi connectivity index (χ4v) is 1.97. The Morgan fingerprint density at radius 1 is 1.00 bits per heavy atom. The Morgan fingerprint density at radius 3 is 2.20 bits per heavy atom. The van der Waals surface area contributed by atoms with Gasteiger partial charge in [-0.15, -0.1) is 0 Å². The van der Waals surface area contributed by atoms with Gasteiger partial charge in [0, 0.05) is 30.6 Å². The van der Waals surface area contributed by atoms with Gasteiger partial charge in [0.05, 0.1) is 10.5 Å². The Morgan fingerprint density at radius 2 is 1.60 bits per heavy atom. The zero-order valence-electron chi connectivity index (χ0n) is 13.4. The van der Waals surface area contributed by atoms with Crippen LogP contribution in [0.4, 0.5) is 21.9 Å². The van der Waals surface area contributed by atoms with E-state index in [0.717, 1.165) is 0 Å². The second-order valence-corrected chi connectivity index (χ2v) is 4.92. The lowest BCUT2D eigenvalue weighted by atomic mass is 10.1. The minimum absolute atomic E-state index is 0.0730. The van der Waals surface area contributed by atoms with Gasteiger partial charge in [0.1, 0.15) is 0 Å². The molecule has 25 heavy (non-hydrogen) atoms. The molecule has 2 rings (SSSR count). The monoisotopic (exact) mass is 340 g/mol. The fourth-order valence-electron chi connectivity index (χ4n) is 1.97. The van der Waals surface area contributed by atoms with Crippen molar-refractivity contribution in [2.45, 2.75) is 0 Å². The Labute approximate surface area is 143 Å². The van der Waals surface area contributed by atoms with Crippen LogP contribution in [-0.4, -0.2) is 23.9 Å². The smallest absolute Gasteiger partial charge is 0.318 e. The summed E-state index contributed by atoms with van der Waals surface area (Å²) in [7, 11) is 1.51. The van der Waals surface area contributed by atoms with E-state index in [-0.39, 0.29) is 11.7 Å². The van der Waals surface area contributed by atoms with Gasteiger partial charge in [-0.2, -0.15) is 0 Å². The van der Waals surface area contributed by atoms with Gasteiger partial charge in [-0.25, -0.2) is 4.79 Å². The zero-order chi connectivity index (χ0) is 18.2. The Kier molecular flexibility index (Phi) is 5.83. The van der Waals surface area contributed by atoms with Gasteiger partial charge in [0.15, 0.2) is 0 Å². The number of nitro benzene ring substituents is 1. The molecule has 0 aliphatic carbocycles. The lowest BCUT2D eigenvalue weighted by molar-refractivity contribution is -0.385. The number of rotatable bonds is 5. The van der Waals surface area contributed by atoms with Crippen molar-refractivity contribution in [3.05, 3.63) is 70.3 Å². The average Bonchev–Trinajstić information content (AvgIpc) is 2.61. The molecule has 0 fully saturated rings. The van der Waals surface area contributed by atoms with Crippen LogP contribution in [0.15, 0.2) is 54.6 Å². The number of benzene rings is 2. The maximum absolute atomic E-state index is 11.9. The van der Waals surface area contributed by atoms with E-state index in [1.807, 2.05) is 0 Å². The highest BCUT2D eigenvalue weighted by Crippen LogP contribution is 2.19. The lowest BCUT2D eigenvalue weighted by Crippen LogP contribution is -2.24. The van der Waals surface area contributed by atoms with E-state index in [1.165, 1.54) is 25.3 Å². The van der Waals surface area contributed by atoms with E-state index in [1.54, 1.807) is 42.5 Å². The predicted octanol–water partition coefficient (Wildman–Crippen LogP) is 3.00. The molecule has 128 valence electrons. The maximum atomic E-state index is 11.9. The molecule has 2 aromatic carbocycles. The van der Waals surface area contributed by atoms with Crippen molar-refractivity contribution in [3.63, 3.8) is 0 Å². The Bertz CT molecular complexity index is 816. The van der Waals surface area contributed by atoms with E-state index < -0.39 is 10.8 Å². The molecule has 0 atom stereocenters. The number of urea groups is 1. The van der Waals surface area contributed by atoms with Gasteiger partial charge in [0.2, 0.25) is 5.91 Å². The standard InChI is InChI=1S/C17H16N4O4/c1-18-17(23)20-14-9-7-13(8-10-14)19-16(22)11-6-12-4-2-3-5-15(12)21(24)25/h2-11H,1H3,(H,19,22)(H2,18,20,23)/b11-6+. The number of anilines is 2. The molecule has 0 aliphatic heterocycles. The van der Waals surface area contributed by atoms with E-state index in [4.69, 9.17) is 0 Å². The molecule has 3 N–H and O–H groups in total. The molecule has 0 spiro atoms. The zero-order valence-corrected chi connectivity index (χ0v) is 13.4. The van der Waals surface area contributed by atoms with Gasteiger partial charge in [-0.05, 0) is 36.4 Å². The predicted molar refractivity (Wildman–Crippen MR) is 95.3 cm³/mol. The van der Waals surface area contributed by atoms with Crippen LogP contribution in [0.2, 0.25) is 0 Å². The van der Waals surface area contributed by atoms with Crippen molar-refractivity contribution >= 4 is 35.1 Å². The third kappa shape index (κ3) is 5.17. The van der Waals surface area contributed by atoms with Crippen LogP contribution < -0.4 is 16.0 Å². The first-order chi connectivity index (χ1) is 12.0. The number of hydrogen-bond acceptors (Lipinski definition) is 4. The normalized spacial score (nSPS) is 10.3. The number of nitrogens with zero attached hydrogens (tertiary/aromatic N) is 1. The van der Waals surface area contributed by atoms with Gasteiger partial charge < -0.3 is 16.0 Å². The largest absolute Gasteiger partial charge is 0.341 e. The Hall–Kier alpha value is -3.68. The highest BCUT2D eigenvalue weighted by molar-refractivity contribution is 6.02.